The largest absolute Gasteiger partial charge is 0.459 e. The average molecular weight is 380 g/mol. The summed E-state index contributed by atoms with van der Waals surface area (Å²) >= 11 is 0. The second-order valence-electron chi connectivity index (χ2n) is 8.15. The van der Waals surface area contributed by atoms with Crippen LogP contribution < -0.4 is 0 Å². The summed E-state index contributed by atoms with van der Waals surface area (Å²) in [4.78, 5) is 15.5. The molecule has 1 N–H and O–H groups in total. The molecular formula is C24H29NO3. The van der Waals surface area contributed by atoms with Gasteiger partial charge in [0.1, 0.15) is 6.10 Å². The van der Waals surface area contributed by atoms with Crippen LogP contribution in [-0.2, 0) is 21.7 Å². The molecule has 2 unspecified atom stereocenters. The summed E-state index contributed by atoms with van der Waals surface area (Å²) in [5.41, 5.74) is 0.386. The van der Waals surface area contributed by atoms with Gasteiger partial charge in [-0.25, -0.2) is 4.79 Å². The molecule has 2 aromatic rings. The molecule has 148 valence electrons. The highest BCUT2D eigenvalue weighted by Crippen LogP contribution is 2.42. The van der Waals surface area contributed by atoms with Gasteiger partial charge in [0.15, 0.2) is 5.60 Å². The molecule has 1 heterocycles. The van der Waals surface area contributed by atoms with Gasteiger partial charge in [-0.05, 0) is 30.4 Å². The van der Waals surface area contributed by atoms with Crippen LogP contribution in [0.2, 0.25) is 0 Å². The number of rotatable bonds is 6. The zero-order chi connectivity index (χ0) is 19.4. The van der Waals surface area contributed by atoms with E-state index in [-0.39, 0.29) is 12.0 Å². The topological polar surface area (TPSA) is 49.8 Å². The molecule has 0 bridgehead atoms. The summed E-state index contributed by atoms with van der Waals surface area (Å²) < 4.78 is 5.88. The zero-order valence-electron chi connectivity index (χ0n) is 16.3. The van der Waals surface area contributed by atoms with Crippen LogP contribution in [-0.4, -0.2) is 35.2 Å². The smallest absolute Gasteiger partial charge is 0.343 e. The number of benzene rings is 2. The van der Waals surface area contributed by atoms with Crippen molar-refractivity contribution in [2.45, 2.75) is 50.4 Å². The molecule has 1 aliphatic heterocycles. The summed E-state index contributed by atoms with van der Waals surface area (Å²) in [5.74, 6) is -0.540. The van der Waals surface area contributed by atoms with Gasteiger partial charge in [-0.3, -0.25) is 4.90 Å². The summed E-state index contributed by atoms with van der Waals surface area (Å²) in [6, 6.07) is 19.7. The maximum atomic E-state index is 13.2. The van der Waals surface area contributed by atoms with Crippen LogP contribution in [0.5, 0.6) is 0 Å². The van der Waals surface area contributed by atoms with Crippen molar-refractivity contribution in [1.82, 2.24) is 4.90 Å². The van der Waals surface area contributed by atoms with E-state index in [1.165, 1.54) is 5.56 Å². The molecule has 1 aliphatic carbocycles. The second-order valence-corrected chi connectivity index (χ2v) is 8.15. The highest BCUT2D eigenvalue weighted by atomic mass is 16.6. The molecule has 2 aromatic carbocycles. The number of nitrogens with zero attached hydrogens (tertiary/aromatic N) is 1. The highest BCUT2D eigenvalue weighted by molar-refractivity contribution is 5.81. The van der Waals surface area contributed by atoms with E-state index in [0.29, 0.717) is 5.56 Å². The third-order valence-corrected chi connectivity index (χ3v) is 6.22. The third kappa shape index (κ3) is 3.98. The van der Waals surface area contributed by atoms with Crippen molar-refractivity contribution >= 4 is 5.97 Å². The first-order valence-electron chi connectivity index (χ1n) is 10.4. The van der Waals surface area contributed by atoms with Crippen molar-refractivity contribution in [3.8, 4) is 0 Å². The van der Waals surface area contributed by atoms with E-state index in [1.54, 1.807) is 0 Å². The lowest BCUT2D eigenvalue weighted by atomic mass is 9.80. The Balaban J connectivity index is 1.43. The quantitative estimate of drug-likeness (QED) is 0.774. The van der Waals surface area contributed by atoms with Gasteiger partial charge in [0.25, 0.3) is 0 Å². The Hall–Kier alpha value is -2.17. The Kier molecular flexibility index (Phi) is 5.79. The molecule has 4 nitrogen and oxygen atoms in total. The number of esters is 1. The molecule has 1 saturated carbocycles. The number of aliphatic hydroxyl groups is 1. The predicted octanol–water partition coefficient (Wildman–Crippen LogP) is 3.88. The minimum absolute atomic E-state index is 0.0655. The SMILES string of the molecule is O=C(OC1CCN(Cc2ccccc2)C1)C(O)(c1ccccc1)C1CCCC1. The lowest BCUT2D eigenvalue weighted by molar-refractivity contribution is -0.178. The molecule has 0 amide bonds. The second kappa shape index (κ2) is 8.46. The maximum Gasteiger partial charge on any atom is 0.343 e. The Morgan fingerprint density at radius 1 is 1.00 bits per heavy atom. The molecule has 0 aromatic heterocycles. The van der Waals surface area contributed by atoms with E-state index in [9.17, 15) is 9.90 Å². The first-order valence-corrected chi connectivity index (χ1v) is 10.4. The Morgan fingerprint density at radius 2 is 1.64 bits per heavy atom. The van der Waals surface area contributed by atoms with Crippen LogP contribution in [0.3, 0.4) is 0 Å². The monoisotopic (exact) mass is 379 g/mol. The van der Waals surface area contributed by atoms with Crippen LogP contribution in [0.4, 0.5) is 0 Å². The van der Waals surface area contributed by atoms with Crippen molar-refractivity contribution in [3.63, 3.8) is 0 Å². The molecule has 1 saturated heterocycles. The van der Waals surface area contributed by atoms with Crippen molar-refractivity contribution in [2.24, 2.45) is 5.92 Å². The minimum Gasteiger partial charge on any atom is -0.459 e. The van der Waals surface area contributed by atoms with Crippen LogP contribution in [0.25, 0.3) is 0 Å². The van der Waals surface area contributed by atoms with Gasteiger partial charge < -0.3 is 9.84 Å². The van der Waals surface area contributed by atoms with Gasteiger partial charge in [0.2, 0.25) is 0 Å². The van der Waals surface area contributed by atoms with Gasteiger partial charge in [0.05, 0.1) is 0 Å². The Labute approximate surface area is 167 Å². The number of hydrogen-bond acceptors (Lipinski definition) is 4. The standard InChI is InChI=1S/C24H29NO3/c26-23(24(27,21-13-7-8-14-21)20-11-5-2-6-12-20)28-22-15-16-25(18-22)17-19-9-3-1-4-10-19/h1-6,9-12,21-22,27H,7-8,13-18H2. The van der Waals surface area contributed by atoms with E-state index < -0.39 is 11.6 Å². The van der Waals surface area contributed by atoms with Crippen molar-refractivity contribution in [2.75, 3.05) is 13.1 Å². The number of ether oxygens (including phenoxy) is 1. The van der Waals surface area contributed by atoms with Gasteiger partial charge in [-0.1, -0.05) is 73.5 Å². The molecule has 0 spiro atoms. The molecule has 4 heteroatoms. The molecule has 2 aliphatic rings. The molecule has 2 fully saturated rings. The number of carbonyl (C=O) groups is 1. The number of likely N-dealkylation sites (tertiary alicyclic amines) is 1. The number of carbonyl (C=O) groups excluding carboxylic acids is 1. The lowest BCUT2D eigenvalue weighted by Crippen LogP contribution is -2.45. The average Bonchev–Trinajstić information content (AvgIpc) is 3.41. The van der Waals surface area contributed by atoms with Crippen LogP contribution in [0.1, 0.15) is 43.2 Å². The summed E-state index contributed by atoms with van der Waals surface area (Å²) in [6.07, 6.45) is 4.50. The van der Waals surface area contributed by atoms with Crippen LogP contribution in [0, 0.1) is 5.92 Å². The minimum atomic E-state index is -1.54. The van der Waals surface area contributed by atoms with Gasteiger partial charge in [-0.2, -0.15) is 0 Å². The van der Waals surface area contributed by atoms with E-state index in [2.05, 4.69) is 17.0 Å². The third-order valence-electron chi connectivity index (χ3n) is 6.22. The van der Waals surface area contributed by atoms with Crippen molar-refractivity contribution in [1.29, 1.82) is 0 Å². The molecular weight excluding hydrogens is 350 g/mol. The highest BCUT2D eigenvalue weighted by Gasteiger charge is 2.48. The molecule has 4 rings (SSSR count). The first-order chi connectivity index (χ1) is 13.7. The van der Waals surface area contributed by atoms with Gasteiger partial charge >= 0.3 is 5.97 Å². The van der Waals surface area contributed by atoms with E-state index in [4.69, 9.17) is 4.74 Å². The summed E-state index contributed by atoms with van der Waals surface area (Å²) in [7, 11) is 0. The van der Waals surface area contributed by atoms with Crippen molar-refractivity contribution in [3.05, 3.63) is 71.8 Å². The Morgan fingerprint density at radius 3 is 2.32 bits per heavy atom. The summed E-state index contributed by atoms with van der Waals surface area (Å²) in [5, 5.41) is 11.5. The fourth-order valence-electron chi connectivity index (χ4n) is 4.68. The fraction of sp³-hybridized carbons (Fsp3) is 0.458. The fourth-order valence-corrected chi connectivity index (χ4v) is 4.68. The van der Waals surface area contributed by atoms with Crippen LogP contribution >= 0.6 is 0 Å². The normalized spacial score (nSPS) is 22.8. The van der Waals surface area contributed by atoms with E-state index >= 15 is 0 Å². The van der Waals surface area contributed by atoms with Gasteiger partial charge in [0, 0.05) is 25.6 Å². The van der Waals surface area contributed by atoms with E-state index in [0.717, 1.165) is 51.7 Å². The van der Waals surface area contributed by atoms with Crippen molar-refractivity contribution < 1.29 is 14.6 Å². The lowest BCUT2D eigenvalue weighted by Gasteiger charge is -2.33. The van der Waals surface area contributed by atoms with E-state index in [1.807, 2.05) is 48.5 Å². The number of hydrogen-bond donors (Lipinski definition) is 1. The maximum absolute atomic E-state index is 13.2. The first kappa shape index (κ1) is 19.2. The van der Waals surface area contributed by atoms with Gasteiger partial charge in [-0.15, -0.1) is 0 Å². The molecule has 28 heavy (non-hydrogen) atoms. The summed E-state index contributed by atoms with van der Waals surface area (Å²) in [6.45, 7) is 2.48. The Bertz CT molecular complexity index is 773. The molecule has 2 atom stereocenters. The zero-order valence-corrected chi connectivity index (χ0v) is 16.3. The molecule has 0 radical (unpaired) electrons. The van der Waals surface area contributed by atoms with Crippen LogP contribution in [0.15, 0.2) is 60.7 Å². The predicted molar refractivity (Wildman–Crippen MR) is 109 cm³/mol.